The first-order valence-corrected chi connectivity index (χ1v) is 5.92. The Bertz CT molecular complexity index is 430. The van der Waals surface area contributed by atoms with Crippen molar-refractivity contribution in [3.8, 4) is 0 Å². The van der Waals surface area contributed by atoms with Gasteiger partial charge in [0.15, 0.2) is 0 Å². The highest BCUT2D eigenvalue weighted by Gasteiger charge is 2.06. The summed E-state index contributed by atoms with van der Waals surface area (Å²) >= 11 is 3.24. The second kappa shape index (κ2) is 6.97. The normalized spacial score (nSPS) is 10.1. The first kappa shape index (κ1) is 14.5. The van der Waals surface area contributed by atoms with E-state index < -0.39 is 5.97 Å². The number of ether oxygens (including phenoxy) is 1. The van der Waals surface area contributed by atoms with E-state index in [4.69, 9.17) is 15.6 Å². The van der Waals surface area contributed by atoms with Crippen LogP contribution in [-0.2, 0) is 9.53 Å². The minimum atomic E-state index is -1.04. The van der Waals surface area contributed by atoms with Crippen LogP contribution < -0.4 is 11.1 Å². The highest BCUT2D eigenvalue weighted by Crippen LogP contribution is 2.17. The summed E-state index contributed by atoms with van der Waals surface area (Å²) in [7, 11) is 0. The maximum Gasteiger partial charge on any atom is 0.329 e. The zero-order valence-electron chi connectivity index (χ0n) is 9.48. The zero-order chi connectivity index (χ0) is 13.5. The van der Waals surface area contributed by atoms with Crippen molar-refractivity contribution in [3.05, 3.63) is 28.2 Å². The Labute approximate surface area is 112 Å². The molecule has 98 valence electrons. The maximum absolute atomic E-state index is 11.7. The van der Waals surface area contributed by atoms with Crippen molar-refractivity contribution in [2.45, 2.75) is 0 Å². The van der Waals surface area contributed by atoms with E-state index in [1.807, 2.05) is 0 Å². The number of nitrogens with two attached hydrogens (primary N) is 1. The third kappa shape index (κ3) is 5.15. The Balaban J connectivity index is 2.38. The number of carboxylic acids is 1. The molecule has 0 saturated carbocycles. The number of carboxylic acid groups (broad SMARTS) is 1. The molecule has 18 heavy (non-hydrogen) atoms. The van der Waals surface area contributed by atoms with Crippen LogP contribution in [0.5, 0.6) is 0 Å². The van der Waals surface area contributed by atoms with Gasteiger partial charge in [0.05, 0.1) is 6.61 Å². The number of aliphatic carboxylic acids is 1. The minimum Gasteiger partial charge on any atom is -0.480 e. The number of nitrogen functional groups attached to an aromatic ring is 1. The summed E-state index contributed by atoms with van der Waals surface area (Å²) in [5.74, 6) is -1.33. The number of carbonyl (C=O) groups is 2. The van der Waals surface area contributed by atoms with E-state index >= 15 is 0 Å². The number of benzene rings is 1. The van der Waals surface area contributed by atoms with Crippen LogP contribution in [0.4, 0.5) is 5.69 Å². The molecule has 1 amide bonds. The lowest BCUT2D eigenvalue weighted by Crippen LogP contribution is -2.28. The number of rotatable bonds is 6. The molecule has 1 aromatic carbocycles. The number of amides is 1. The van der Waals surface area contributed by atoms with Gasteiger partial charge in [0.25, 0.3) is 5.91 Å². The largest absolute Gasteiger partial charge is 0.480 e. The van der Waals surface area contributed by atoms with Gasteiger partial charge in [-0.05, 0) is 18.2 Å². The first-order chi connectivity index (χ1) is 8.49. The molecule has 0 aliphatic heterocycles. The van der Waals surface area contributed by atoms with Gasteiger partial charge in [-0.15, -0.1) is 0 Å². The predicted octanol–water partition coefficient (Wildman–Crippen LogP) is 0.862. The van der Waals surface area contributed by atoms with E-state index in [9.17, 15) is 9.59 Å². The van der Waals surface area contributed by atoms with Crippen molar-refractivity contribution in [3.63, 3.8) is 0 Å². The van der Waals surface area contributed by atoms with Crippen LogP contribution in [0.2, 0.25) is 0 Å². The van der Waals surface area contributed by atoms with Gasteiger partial charge in [-0.3, -0.25) is 4.79 Å². The standard InChI is InChI=1S/C11H13BrN2O4/c12-8-3-7(4-9(13)5-8)11(17)14-1-2-18-6-10(15)16/h3-5H,1-2,6,13H2,(H,14,17)(H,15,16). The third-order valence-electron chi connectivity index (χ3n) is 1.94. The molecule has 0 radical (unpaired) electrons. The van der Waals surface area contributed by atoms with Crippen LogP contribution in [-0.4, -0.2) is 36.7 Å². The van der Waals surface area contributed by atoms with Crippen molar-refractivity contribution in [2.75, 3.05) is 25.5 Å². The van der Waals surface area contributed by atoms with Crippen LogP contribution in [0.25, 0.3) is 0 Å². The van der Waals surface area contributed by atoms with Crippen LogP contribution >= 0.6 is 15.9 Å². The summed E-state index contributed by atoms with van der Waals surface area (Å²) in [6.07, 6.45) is 0. The molecular formula is C11H13BrN2O4. The third-order valence-corrected chi connectivity index (χ3v) is 2.40. The summed E-state index contributed by atoms with van der Waals surface area (Å²) in [6, 6.07) is 4.88. The molecule has 0 unspecified atom stereocenters. The first-order valence-electron chi connectivity index (χ1n) is 5.13. The SMILES string of the molecule is Nc1cc(Br)cc(C(=O)NCCOCC(=O)O)c1. The Hall–Kier alpha value is -1.60. The molecule has 0 spiro atoms. The summed E-state index contributed by atoms with van der Waals surface area (Å²) in [4.78, 5) is 21.8. The molecule has 0 saturated heterocycles. The number of nitrogens with one attached hydrogen (secondary N) is 1. The average molecular weight is 317 g/mol. The topological polar surface area (TPSA) is 102 Å². The lowest BCUT2D eigenvalue weighted by Gasteiger charge is -2.06. The van der Waals surface area contributed by atoms with Gasteiger partial charge >= 0.3 is 5.97 Å². The van der Waals surface area contributed by atoms with Crippen molar-refractivity contribution >= 4 is 33.5 Å². The van der Waals surface area contributed by atoms with E-state index in [0.29, 0.717) is 11.3 Å². The number of carbonyl (C=O) groups excluding carboxylic acids is 1. The number of halogens is 1. The second-order valence-corrected chi connectivity index (χ2v) is 4.39. The van der Waals surface area contributed by atoms with Gasteiger partial charge < -0.3 is 20.9 Å². The quantitative estimate of drug-likeness (QED) is 0.533. The van der Waals surface area contributed by atoms with Crippen molar-refractivity contribution in [2.24, 2.45) is 0 Å². The van der Waals surface area contributed by atoms with Crippen LogP contribution in [0.15, 0.2) is 22.7 Å². The van der Waals surface area contributed by atoms with Gasteiger partial charge in [-0.25, -0.2) is 4.79 Å². The molecule has 4 N–H and O–H groups in total. The Morgan fingerprint density at radius 1 is 1.39 bits per heavy atom. The molecule has 0 atom stereocenters. The summed E-state index contributed by atoms with van der Waals surface area (Å²) < 4.78 is 5.50. The summed E-state index contributed by atoms with van der Waals surface area (Å²) in [5.41, 5.74) is 6.52. The highest BCUT2D eigenvalue weighted by atomic mass is 79.9. The molecule has 0 heterocycles. The number of hydrogen-bond acceptors (Lipinski definition) is 4. The fraction of sp³-hybridized carbons (Fsp3) is 0.273. The Morgan fingerprint density at radius 2 is 2.11 bits per heavy atom. The lowest BCUT2D eigenvalue weighted by molar-refractivity contribution is -0.142. The molecule has 6 nitrogen and oxygen atoms in total. The zero-order valence-corrected chi connectivity index (χ0v) is 11.1. The molecule has 7 heteroatoms. The Morgan fingerprint density at radius 3 is 2.72 bits per heavy atom. The summed E-state index contributed by atoms with van der Waals surface area (Å²) in [6.45, 7) is -0.000238. The summed E-state index contributed by atoms with van der Waals surface area (Å²) in [5, 5.41) is 10.9. The smallest absolute Gasteiger partial charge is 0.329 e. The molecule has 0 bridgehead atoms. The monoisotopic (exact) mass is 316 g/mol. The van der Waals surface area contributed by atoms with E-state index in [0.717, 1.165) is 4.47 Å². The second-order valence-electron chi connectivity index (χ2n) is 3.48. The van der Waals surface area contributed by atoms with Gasteiger partial charge in [-0.2, -0.15) is 0 Å². The van der Waals surface area contributed by atoms with Gasteiger partial charge in [-0.1, -0.05) is 15.9 Å². The van der Waals surface area contributed by atoms with Gasteiger partial charge in [0, 0.05) is 22.3 Å². The van der Waals surface area contributed by atoms with Crippen LogP contribution in [0.1, 0.15) is 10.4 Å². The van der Waals surface area contributed by atoms with Crippen LogP contribution in [0, 0.1) is 0 Å². The molecule has 0 aromatic heterocycles. The average Bonchev–Trinajstić information content (AvgIpc) is 2.26. The predicted molar refractivity (Wildman–Crippen MR) is 69.3 cm³/mol. The van der Waals surface area contributed by atoms with Crippen LogP contribution in [0.3, 0.4) is 0 Å². The number of anilines is 1. The molecule has 1 aromatic rings. The van der Waals surface area contributed by atoms with Crippen molar-refractivity contribution in [1.82, 2.24) is 5.32 Å². The van der Waals surface area contributed by atoms with Gasteiger partial charge in [0.2, 0.25) is 0 Å². The van der Waals surface area contributed by atoms with Gasteiger partial charge in [0.1, 0.15) is 6.61 Å². The molecule has 0 aliphatic carbocycles. The fourth-order valence-electron chi connectivity index (χ4n) is 1.24. The van der Waals surface area contributed by atoms with E-state index in [1.165, 1.54) is 0 Å². The van der Waals surface area contributed by atoms with E-state index in [2.05, 4.69) is 21.2 Å². The molecular weight excluding hydrogens is 304 g/mol. The molecule has 0 fully saturated rings. The molecule has 0 aliphatic rings. The Kier molecular flexibility index (Phi) is 5.60. The number of hydrogen-bond donors (Lipinski definition) is 3. The van der Waals surface area contributed by atoms with Crippen molar-refractivity contribution in [1.29, 1.82) is 0 Å². The van der Waals surface area contributed by atoms with E-state index in [-0.39, 0.29) is 25.7 Å². The molecule has 1 rings (SSSR count). The highest BCUT2D eigenvalue weighted by molar-refractivity contribution is 9.10. The maximum atomic E-state index is 11.7. The van der Waals surface area contributed by atoms with E-state index in [1.54, 1.807) is 18.2 Å². The minimum absolute atomic E-state index is 0.140. The lowest BCUT2D eigenvalue weighted by atomic mass is 10.2. The fourth-order valence-corrected chi connectivity index (χ4v) is 1.75. The van der Waals surface area contributed by atoms with Crippen molar-refractivity contribution < 1.29 is 19.4 Å².